The van der Waals surface area contributed by atoms with E-state index in [2.05, 4.69) is 0 Å². The summed E-state index contributed by atoms with van der Waals surface area (Å²) in [5.41, 5.74) is 1.30. The van der Waals surface area contributed by atoms with Crippen molar-refractivity contribution in [2.45, 2.75) is 6.61 Å². The molecule has 2 rings (SSSR count). The molecular formula is C16H11Cl2NO3. The maximum atomic E-state index is 12.1. The van der Waals surface area contributed by atoms with Crippen molar-refractivity contribution in [3.63, 3.8) is 0 Å². The van der Waals surface area contributed by atoms with Crippen LogP contribution in [0.5, 0.6) is 5.75 Å². The predicted molar refractivity (Wildman–Crippen MR) is 83.3 cm³/mol. The van der Waals surface area contributed by atoms with E-state index in [9.17, 15) is 4.79 Å². The Morgan fingerprint density at radius 2 is 1.86 bits per heavy atom. The highest BCUT2D eigenvalue weighted by Gasteiger charge is 2.15. The van der Waals surface area contributed by atoms with Gasteiger partial charge >= 0.3 is 5.97 Å². The minimum Gasteiger partial charge on any atom is -0.494 e. The van der Waals surface area contributed by atoms with Crippen LogP contribution < -0.4 is 4.74 Å². The Kier molecular flexibility index (Phi) is 5.26. The van der Waals surface area contributed by atoms with Crippen LogP contribution in [0.2, 0.25) is 10.0 Å². The Hall–Kier alpha value is -2.22. The van der Waals surface area contributed by atoms with Crippen molar-refractivity contribution >= 4 is 29.2 Å². The molecule has 0 saturated heterocycles. The van der Waals surface area contributed by atoms with Crippen LogP contribution >= 0.6 is 23.2 Å². The number of esters is 1. The highest BCUT2D eigenvalue weighted by atomic mass is 35.5. The topological polar surface area (TPSA) is 59.3 Å². The summed E-state index contributed by atoms with van der Waals surface area (Å²) in [6.45, 7) is -0.0101. The Balaban J connectivity index is 2.15. The van der Waals surface area contributed by atoms with Crippen LogP contribution in [-0.4, -0.2) is 13.1 Å². The van der Waals surface area contributed by atoms with Gasteiger partial charge < -0.3 is 9.47 Å². The number of carbonyl (C=O) groups is 1. The lowest BCUT2D eigenvalue weighted by atomic mass is 10.1. The van der Waals surface area contributed by atoms with Gasteiger partial charge in [-0.2, -0.15) is 5.26 Å². The minimum absolute atomic E-state index is 0.0101. The van der Waals surface area contributed by atoms with Crippen molar-refractivity contribution in [2.24, 2.45) is 0 Å². The van der Waals surface area contributed by atoms with E-state index in [1.807, 2.05) is 6.07 Å². The minimum atomic E-state index is -0.584. The van der Waals surface area contributed by atoms with Gasteiger partial charge in [0.15, 0.2) is 5.75 Å². The van der Waals surface area contributed by atoms with Crippen molar-refractivity contribution in [1.82, 2.24) is 0 Å². The molecule has 2 aromatic carbocycles. The first-order valence-electron chi connectivity index (χ1n) is 6.25. The maximum absolute atomic E-state index is 12.1. The largest absolute Gasteiger partial charge is 0.494 e. The van der Waals surface area contributed by atoms with Crippen molar-refractivity contribution in [3.05, 3.63) is 63.1 Å². The molecule has 0 heterocycles. The van der Waals surface area contributed by atoms with Gasteiger partial charge in [-0.15, -0.1) is 0 Å². The number of nitriles is 1. The van der Waals surface area contributed by atoms with Crippen LogP contribution in [0.25, 0.3) is 0 Å². The zero-order valence-electron chi connectivity index (χ0n) is 11.6. The zero-order chi connectivity index (χ0) is 16.1. The van der Waals surface area contributed by atoms with Crippen LogP contribution in [0.4, 0.5) is 0 Å². The highest BCUT2D eigenvalue weighted by molar-refractivity contribution is 6.37. The molecule has 0 amide bonds. The van der Waals surface area contributed by atoms with Crippen molar-refractivity contribution in [2.75, 3.05) is 7.11 Å². The van der Waals surface area contributed by atoms with Crippen molar-refractivity contribution < 1.29 is 14.3 Å². The molecule has 0 aliphatic rings. The van der Waals surface area contributed by atoms with Gasteiger partial charge in [0.2, 0.25) is 0 Å². The Morgan fingerprint density at radius 1 is 1.23 bits per heavy atom. The number of carbonyl (C=O) groups excluding carboxylic acids is 1. The number of ether oxygens (including phenoxy) is 2. The second kappa shape index (κ2) is 7.17. The average Bonchev–Trinajstić information content (AvgIpc) is 2.52. The molecule has 0 saturated carbocycles. The molecule has 0 radical (unpaired) electrons. The van der Waals surface area contributed by atoms with E-state index in [0.717, 1.165) is 0 Å². The summed E-state index contributed by atoms with van der Waals surface area (Å²) in [5.74, 6) is -0.283. The summed E-state index contributed by atoms with van der Waals surface area (Å²) < 4.78 is 10.2. The summed E-state index contributed by atoms with van der Waals surface area (Å²) >= 11 is 12.0. The van der Waals surface area contributed by atoms with Crippen LogP contribution in [0, 0.1) is 11.3 Å². The normalized spacial score (nSPS) is 9.91. The van der Waals surface area contributed by atoms with Crippen molar-refractivity contribution in [1.29, 1.82) is 5.26 Å². The molecule has 0 aliphatic heterocycles. The van der Waals surface area contributed by atoms with Gasteiger partial charge in [-0.3, -0.25) is 0 Å². The number of benzene rings is 2. The molecule has 0 aliphatic carbocycles. The number of hydrogen-bond acceptors (Lipinski definition) is 4. The highest BCUT2D eigenvalue weighted by Crippen LogP contribution is 2.34. The van der Waals surface area contributed by atoms with Gasteiger partial charge in [0, 0.05) is 5.56 Å². The third-order valence-electron chi connectivity index (χ3n) is 2.93. The van der Waals surface area contributed by atoms with E-state index >= 15 is 0 Å². The quantitative estimate of drug-likeness (QED) is 0.784. The molecule has 0 bridgehead atoms. The van der Waals surface area contributed by atoms with Gasteiger partial charge in [-0.05, 0) is 18.2 Å². The molecule has 0 fully saturated rings. The number of halogens is 2. The molecule has 0 atom stereocenters. The van der Waals surface area contributed by atoms with Gasteiger partial charge in [0.05, 0.1) is 34.4 Å². The van der Waals surface area contributed by atoms with Crippen LogP contribution in [-0.2, 0) is 11.3 Å². The number of nitrogens with zero attached hydrogens (tertiary/aromatic N) is 1. The Labute approximate surface area is 137 Å². The van der Waals surface area contributed by atoms with E-state index in [-0.39, 0.29) is 22.2 Å². The monoisotopic (exact) mass is 335 g/mol. The van der Waals surface area contributed by atoms with E-state index in [0.29, 0.717) is 16.9 Å². The first-order valence-corrected chi connectivity index (χ1v) is 7.00. The van der Waals surface area contributed by atoms with Gasteiger partial charge in [0.25, 0.3) is 0 Å². The van der Waals surface area contributed by atoms with E-state index < -0.39 is 5.97 Å². The fourth-order valence-electron chi connectivity index (χ4n) is 1.85. The third kappa shape index (κ3) is 3.51. The van der Waals surface area contributed by atoms with Crippen LogP contribution in [0.1, 0.15) is 21.5 Å². The number of methoxy groups -OCH3 is 1. The first kappa shape index (κ1) is 16.2. The van der Waals surface area contributed by atoms with E-state index in [4.69, 9.17) is 37.9 Å². The number of rotatable bonds is 4. The number of hydrogen-bond donors (Lipinski definition) is 0. The molecular weight excluding hydrogens is 325 g/mol. The van der Waals surface area contributed by atoms with Crippen LogP contribution in [0.3, 0.4) is 0 Å². The lowest BCUT2D eigenvalue weighted by Crippen LogP contribution is -2.06. The summed E-state index contributed by atoms with van der Waals surface area (Å²) in [6, 6.07) is 11.8. The second-order valence-electron chi connectivity index (χ2n) is 4.32. The standard InChI is InChI=1S/C16H11Cl2NO3/c1-21-15-13(17)6-12(7-14(15)18)16(20)22-9-11-5-3-2-4-10(11)8-19/h2-7H,9H2,1H3. The van der Waals surface area contributed by atoms with E-state index in [1.54, 1.807) is 24.3 Å². The van der Waals surface area contributed by atoms with Gasteiger partial charge in [-0.25, -0.2) is 4.79 Å². The zero-order valence-corrected chi connectivity index (χ0v) is 13.1. The molecule has 0 N–H and O–H groups in total. The molecule has 112 valence electrons. The summed E-state index contributed by atoms with van der Waals surface area (Å²) in [4.78, 5) is 12.1. The Bertz CT molecular complexity index is 730. The van der Waals surface area contributed by atoms with Gasteiger partial charge in [0.1, 0.15) is 6.61 Å². The Morgan fingerprint density at radius 3 is 2.45 bits per heavy atom. The molecule has 2 aromatic rings. The van der Waals surface area contributed by atoms with Gasteiger partial charge in [-0.1, -0.05) is 41.4 Å². The lowest BCUT2D eigenvalue weighted by Gasteiger charge is -2.09. The summed E-state index contributed by atoms with van der Waals surface area (Å²) in [7, 11) is 1.43. The third-order valence-corrected chi connectivity index (χ3v) is 3.50. The average molecular weight is 336 g/mol. The molecule has 6 heteroatoms. The fourth-order valence-corrected chi connectivity index (χ4v) is 2.50. The van der Waals surface area contributed by atoms with Crippen LogP contribution in [0.15, 0.2) is 36.4 Å². The smallest absolute Gasteiger partial charge is 0.338 e. The molecule has 0 unspecified atom stereocenters. The van der Waals surface area contributed by atoms with Crippen molar-refractivity contribution in [3.8, 4) is 11.8 Å². The lowest BCUT2D eigenvalue weighted by molar-refractivity contribution is 0.0472. The summed E-state index contributed by atoms with van der Waals surface area (Å²) in [6.07, 6.45) is 0. The fraction of sp³-hybridized carbons (Fsp3) is 0.125. The molecule has 22 heavy (non-hydrogen) atoms. The first-order chi connectivity index (χ1) is 10.6. The molecule has 0 spiro atoms. The second-order valence-corrected chi connectivity index (χ2v) is 5.13. The SMILES string of the molecule is COc1c(Cl)cc(C(=O)OCc2ccccc2C#N)cc1Cl. The molecule has 4 nitrogen and oxygen atoms in total. The molecule has 0 aromatic heterocycles. The predicted octanol–water partition coefficient (Wildman–Crippen LogP) is 4.23. The summed E-state index contributed by atoms with van der Waals surface area (Å²) in [5, 5.41) is 9.44. The maximum Gasteiger partial charge on any atom is 0.338 e. The van der Waals surface area contributed by atoms with E-state index in [1.165, 1.54) is 19.2 Å².